The van der Waals surface area contributed by atoms with Crippen molar-refractivity contribution in [3.63, 3.8) is 0 Å². The van der Waals surface area contributed by atoms with Crippen LogP contribution in [0.1, 0.15) is 49.3 Å². The smallest absolute Gasteiger partial charge is 0.203 e. The van der Waals surface area contributed by atoms with E-state index in [1.807, 2.05) is 60.7 Å². The monoisotopic (exact) mass is 810 g/mol. The molecule has 1 atom stereocenters. The van der Waals surface area contributed by atoms with Crippen molar-refractivity contribution in [1.29, 1.82) is 0 Å². The van der Waals surface area contributed by atoms with E-state index in [0.717, 1.165) is 109 Å². The summed E-state index contributed by atoms with van der Waals surface area (Å²) in [6.45, 7) is 7.80. The summed E-state index contributed by atoms with van der Waals surface area (Å²) in [7, 11) is 8.14. The van der Waals surface area contributed by atoms with Crippen LogP contribution in [-0.2, 0) is 4.84 Å². The summed E-state index contributed by atoms with van der Waals surface area (Å²) < 4.78 is 41.4. The summed E-state index contributed by atoms with van der Waals surface area (Å²) in [4.78, 5) is 15.8. The number of aromatic nitrogens is 1. The number of piperazine rings is 1. The highest BCUT2D eigenvalue weighted by atomic mass is 32.1. The van der Waals surface area contributed by atoms with Gasteiger partial charge in [-0.1, -0.05) is 23.4 Å². The highest BCUT2D eigenvalue weighted by molar-refractivity contribution is 7.21. The predicted octanol–water partition coefficient (Wildman–Crippen LogP) is 8.51. The van der Waals surface area contributed by atoms with Gasteiger partial charge in [-0.2, -0.15) is 0 Å². The van der Waals surface area contributed by atoms with Crippen molar-refractivity contribution in [1.82, 2.24) is 14.8 Å². The highest BCUT2D eigenvalue weighted by Crippen LogP contribution is 2.41. The zero-order valence-corrected chi connectivity index (χ0v) is 35.0. The number of hydrogen-bond acceptors (Lipinski definition) is 13. The Hall–Kier alpha value is -5.24. The third-order valence-corrected chi connectivity index (χ3v) is 11.7. The molecule has 1 saturated heterocycles. The van der Waals surface area contributed by atoms with Gasteiger partial charge >= 0.3 is 0 Å². The molecule has 1 aromatic heterocycles. The number of hydrogen-bond donors (Lipinski definition) is 0. The van der Waals surface area contributed by atoms with Gasteiger partial charge in [0.1, 0.15) is 5.01 Å². The maximum Gasteiger partial charge on any atom is 0.203 e. The van der Waals surface area contributed by atoms with Crippen LogP contribution in [0.5, 0.6) is 40.2 Å². The molecule has 58 heavy (non-hydrogen) atoms. The van der Waals surface area contributed by atoms with E-state index in [-0.39, 0.29) is 6.10 Å². The van der Waals surface area contributed by atoms with Crippen LogP contribution in [0.4, 0.5) is 0 Å². The average Bonchev–Trinajstić information content (AvgIpc) is 3.95. The lowest BCUT2D eigenvalue weighted by atomic mass is 9.99. The van der Waals surface area contributed by atoms with E-state index < -0.39 is 0 Å². The number of fused-ring (bicyclic) bond motifs is 1. The van der Waals surface area contributed by atoms with E-state index in [9.17, 15) is 0 Å². The fourth-order valence-electron chi connectivity index (χ4n) is 7.37. The SMILES string of the molecule is COc1cc(-c2nc3ccccc3s2)ccc1OCCCCN1CCN(CCCCOc2cc(C3CC(c4cc(OC)c(OC)c(OC)c4)=NO3)ccc2OC)CC1. The van der Waals surface area contributed by atoms with Gasteiger partial charge in [-0.25, -0.2) is 4.98 Å². The first kappa shape index (κ1) is 40.9. The normalized spacial score (nSPS) is 15.8. The van der Waals surface area contributed by atoms with Gasteiger partial charge in [0, 0.05) is 43.7 Å². The summed E-state index contributed by atoms with van der Waals surface area (Å²) in [5.74, 6) is 4.60. The Labute approximate surface area is 345 Å². The van der Waals surface area contributed by atoms with Crippen molar-refractivity contribution >= 4 is 27.3 Å². The second-order valence-electron chi connectivity index (χ2n) is 14.3. The zero-order chi connectivity index (χ0) is 40.3. The molecule has 0 bridgehead atoms. The number of unbranched alkanes of at least 4 members (excludes halogenated alkanes) is 2. The molecule has 0 aliphatic carbocycles. The van der Waals surface area contributed by atoms with Gasteiger partial charge in [0.25, 0.3) is 0 Å². The van der Waals surface area contributed by atoms with Crippen molar-refractivity contribution in [2.45, 2.75) is 38.2 Å². The molecule has 1 fully saturated rings. The minimum absolute atomic E-state index is 0.251. The van der Waals surface area contributed by atoms with Crippen molar-refractivity contribution in [3.05, 3.63) is 83.9 Å². The van der Waals surface area contributed by atoms with Crippen molar-refractivity contribution < 1.29 is 38.0 Å². The molecule has 3 heterocycles. The molecular formula is C45H54N4O8S. The molecule has 0 N–H and O–H groups in total. The Balaban J connectivity index is 0.784. The van der Waals surface area contributed by atoms with E-state index in [2.05, 4.69) is 27.1 Å². The van der Waals surface area contributed by atoms with Crippen LogP contribution in [-0.4, -0.2) is 109 Å². The van der Waals surface area contributed by atoms with Crippen molar-refractivity contribution in [2.24, 2.45) is 5.16 Å². The minimum Gasteiger partial charge on any atom is -0.493 e. The third kappa shape index (κ3) is 9.88. The van der Waals surface area contributed by atoms with E-state index in [1.54, 1.807) is 46.9 Å². The molecule has 1 unspecified atom stereocenters. The highest BCUT2D eigenvalue weighted by Gasteiger charge is 2.27. The molecule has 13 heteroatoms. The lowest BCUT2D eigenvalue weighted by Crippen LogP contribution is -2.46. The minimum atomic E-state index is -0.251. The molecule has 7 rings (SSSR count). The Morgan fingerprint density at radius 2 is 1.24 bits per heavy atom. The van der Waals surface area contributed by atoms with Crippen molar-refractivity contribution in [2.75, 3.05) is 88.0 Å². The maximum absolute atomic E-state index is 6.26. The Kier molecular flexibility index (Phi) is 14.1. The molecule has 0 spiro atoms. The largest absolute Gasteiger partial charge is 0.493 e. The van der Waals surface area contributed by atoms with Crippen LogP contribution in [0.25, 0.3) is 20.8 Å². The summed E-state index contributed by atoms with van der Waals surface area (Å²) in [5, 5.41) is 5.39. The number of rotatable bonds is 20. The van der Waals surface area contributed by atoms with Crippen molar-refractivity contribution in [3.8, 4) is 50.8 Å². The molecule has 2 aliphatic heterocycles. The van der Waals surface area contributed by atoms with E-state index in [1.165, 1.54) is 4.70 Å². The fourth-order valence-corrected chi connectivity index (χ4v) is 8.33. The van der Waals surface area contributed by atoms with E-state index >= 15 is 0 Å². The van der Waals surface area contributed by atoms with Gasteiger partial charge in [-0.05, 0) is 98.9 Å². The first-order valence-corrected chi connectivity index (χ1v) is 20.8. The molecule has 5 aromatic rings. The number of oxime groups is 1. The predicted molar refractivity (Wildman–Crippen MR) is 228 cm³/mol. The van der Waals surface area contributed by atoms with Crippen LogP contribution >= 0.6 is 11.3 Å². The van der Waals surface area contributed by atoms with Crippen LogP contribution in [0.15, 0.2) is 78.0 Å². The first-order chi connectivity index (χ1) is 28.5. The summed E-state index contributed by atoms with van der Waals surface area (Å²) in [6, 6.07) is 24.0. The Bertz CT molecular complexity index is 2090. The molecule has 0 radical (unpaired) electrons. The van der Waals surface area contributed by atoms with Gasteiger partial charge in [-0.3, -0.25) is 0 Å². The maximum atomic E-state index is 6.26. The molecule has 308 valence electrons. The number of benzene rings is 4. The Morgan fingerprint density at radius 1 is 0.621 bits per heavy atom. The van der Waals surface area contributed by atoms with Crippen LogP contribution in [0, 0.1) is 0 Å². The van der Waals surface area contributed by atoms with Crippen LogP contribution in [0.3, 0.4) is 0 Å². The van der Waals surface area contributed by atoms with Crippen LogP contribution in [0.2, 0.25) is 0 Å². The first-order valence-electron chi connectivity index (χ1n) is 20.0. The van der Waals surface area contributed by atoms with Gasteiger partial charge in [-0.15, -0.1) is 11.3 Å². The molecule has 2 aliphatic rings. The lowest BCUT2D eigenvalue weighted by molar-refractivity contribution is 0.0854. The average molecular weight is 811 g/mol. The molecule has 0 amide bonds. The number of para-hydroxylation sites is 1. The Morgan fingerprint density at radius 3 is 1.88 bits per heavy atom. The van der Waals surface area contributed by atoms with Gasteiger partial charge in [0.2, 0.25) is 5.75 Å². The number of thiazole rings is 1. The molecular weight excluding hydrogens is 757 g/mol. The summed E-state index contributed by atoms with van der Waals surface area (Å²) in [5.41, 5.74) is 4.68. The quantitative estimate of drug-likeness (QED) is 0.0707. The molecule has 4 aromatic carbocycles. The summed E-state index contributed by atoms with van der Waals surface area (Å²) in [6.07, 6.45) is 4.46. The number of ether oxygens (including phenoxy) is 7. The van der Waals surface area contributed by atoms with Gasteiger partial charge < -0.3 is 47.8 Å². The summed E-state index contributed by atoms with van der Waals surface area (Å²) >= 11 is 1.69. The second kappa shape index (κ2) is 20.0. The lowest BCUT2D eigenvalue weighted by Gasteiger charge is -2.34. The van der Waals surface area contributed by atoms with Gasteiger partial charge in [0.15, 0.2) is 40.6 Å². The number of methoxy groups -OCH3 is 5. The van der Waals surface area contributed by atoms with E-state index in [0.29, 0.717) is 48.4 Å². The van der Waals surface area contributed by atoms with Crippen LogP contribution < -0.4 is 33.2 Å². The number of nitrogens with zero attached hydrogens (tertiary/aromatic N) is 4. The molecule has 12 nitrogen and oxygen atoms in total. The zero-order valence-electron chi connectivity index (χ0n) is 34.2. The second-order valence-corrected chi connectivity index (χ2v) is 15.3. The third-order valence-electron chi connectivity index (χ3n) is 10.6. The standard InChI is InChI=1S/C45H54N4O8S/c1-50-36-16-14-31(38-30-35(47-57-38)33-28-41(52-3)44(54-5)42(29-33)53-4)26-40(36)56-25-11-9-19-49-22-20-48(21-23-49)18-8-10-24-55-37-17-15-32(27-39(37)51-2)45-46-34-12-6-7-13-43(34)58-45/h6-7,12-17,26-29,38H,8-11,18-25,30H2,1-5H3. The van der Waals surface area contributed by atoms with Gasteiger partial charge in [0.05, 0.1) is 64.7 Å². The van der Waals surface area contributed by atoms with E-state index in [4.69, 9.17) is 43.0 Å². The topological polar surface area (TPSA) is 106 Å². The molecule has 0 saturated carbocycles. The fraction of sp³-hybridized carbons (Fsp3) is 0.422.